The number of hydrogen-bond donors (Lipinski definition) is 21. The average Bonchev–Trinajstić information content (AvgIpc) is 0.844. The third kappa shape index (κ3) is 50.9. The van der Waals surface area contributed by atoms with Crippen LogP contribution in [0.3, 0.4) is 0 Å². The van der Waals surface area contributed by atoms with Crippen LogP contribution in [-0.2, 0) is 91.1 Å². The van der Waals surface area contributed by atoms with Crippen molar-refractivity contribution in [1.82, 2.24) is 121 Å². The molecule has 0 spiro atoms. The molecule has 137 heavy (non-hydrogen) atoms. The number of rotatable bonds is 49. The van der Waals surface area contributed by atoms with Crippen molar-refractivity contribution in [3.05, 3.63) is 0 Å². The molecule has 0 bridgehead atoms. The highest BCUT2D eigenvalue weighted by molar-refractivity contribution is 5.89. The molecule has 7 amide bonds. The first kappa shape index (κ1) is 119. The summed E-state index contributed by atoms with van der Waals surface area (Å²) >= 11 is 0. The van der Waals surface area contributed by atoms with Crippen LogP contribution in [0.2, 0.25) is 0 Å². The molecule has 778 valence electrons. The lowest BCUT2D eigenvalue weighted by Gasteiger charge is -2.37. The van der Waals surface area contributed by atoms with Crippen LogP contribution in [-0.4, -0.2) is 628 Å². The Hall–Kier alpha value is -10.8. The van der Waals surface area contributed by atoms with E-state index in [9.17, 15) is 157 Å². The Bertz CT molecular complexity index is 3540. The van der Waals surface area contributed by atoms with Crippen LogP contribution in [0.4, 0.5) is 0 Å². The fourth-order valence-electron chi connectivity index (χ4n) is 15.8. The van der Waals surface area contributed by atoms with E-state index in [-0.39, 0.29) is 209 Å². The number of amides is 7. The summed E-state index contributed by atoms with van der Waals surface area (Å²) in [5, 5.41) is 151. The van der Waals surface area contributed by atoms with E-state index in [0.29, 0.717) is 0 Å². The molecule has 4 heterocycles. The topological polar surface area (TPSA) is 735 Å². The highest BCUT2D eigenvalue weighted by Crippen LogP contribution is 2.17. The van der Waals surface area contributed by atoms with E-state index >= 15 is 0 Å². The molecule has 0 aromatic heterocycles. The van der Waals surface area contributed by atoms with E-state index < -0.39 is 280 Å². The van der Waals surface area contributed by atoms with Crippen LogP contribution in [0.1, 0.15) is 27.7 Å². The van der Waals surface area contributed by atoms with Gasteiger partial charge in [-0.1, -0.05) is 0 Å². The zero-order valence-corrected chi connectivity index (χ0v) is 78.4. The minimum atomic E-state index is -1.86. The number of carboxylic acids is 12. The van der Waals surface area contributed by atoms with Gasteiger partial charge in [0.25, 0.3) is 0 Å². The van der Waals surface area contributed by atoms with E-state index in [0.717, 1.165) is 0 Å². The Balaban J connectivity index is 1.80. The second-order valence-electron chi connectivity index (χ2n) is 34.5. The van der Waals surface area contributed by atoms with Crippen LogP contribution in [0.25, 0.3) is 0 Å². The monoisotopic (exact) mass is 1960 g/mol. The molecule has 5 unspecified atom stereocenters. The predicted octanol–water partition coefficient (Wildman–Crippen LogP) is -13.9. The van der Waals surface area contributed by atoms with Gasteiger partial charge in [0, 0.05) is 247 Å². The summed E-state index contributed by atoms with van der Waals surface area (Å²) in [5.74, 6) is -20.4. The summed E-state index contributed by atoms with van der Waals surface area (Å²) in [4.78, 5) is 270. The smallest absolute Gasteiger partial charge is 0.317 e. The minimum absolute atomic E-state index is 0.00601. The highest BCUT2D eigenvalue weighted by Gasteiger charge is 2.37. The minimum Gasteiger partial charge on any atom is -0.480 e. The van der Waals surface area contributed by atoms with Crippen LogP contribution < -0.4 is 42.5 Å². The lowest BCUT2D eigenvalue weighted by molar-refractivity contribution is -0.141. The van der Waals surface area contributed by atoms with E-state index in [4.69, 9.17) is 0 Å². The van der Waals surface area contributed by atoms with E-state index in [1.807, 2.05) is 0 Å². The van der Waals surface area contributed by atoms with Crippen molar-refractivity contribution in [3.63, 3.8) is 0 Å². The Morgan fingerprint density at radius 1 is 0.212 bits per heavy atom. The predicted molar refractivity (Wildman–Crippen MR) is 481 cm³/mol. The van der Waals surface area contributed by atoms with E-state index in [1.54, 1.807) is 41.2 Å². The van der Waals surface area contributed by atoms with Crippen molar-refractivity contribution in [1.29, 1.82) is 0 Å². The second-order valence-corrected chi connectivity index (χ2v) is 34.5. The van der Waals surface area contributed by atoms with Gasteiger partial charge in [-0.3, -0.25) is 175 Å². The van der Waals surface area contributed by atoms with Gasteiger partial charge in [0.15, 0.2) is 0 Å². The number of carbonyl (C=O) groups is 19. The Morgan fingerprint density at radius 3 is 0.504 bits per heavy atom. The fraction of sp³-hybridized carbons (Fsp3) is 0.765. The van der Waals surface area contributed by atoms with Crippen molar-refractivity contribution in [2.45, 2.75) is 58.1 Å². The molecule has 4 aliphatic heterocycles. The molecule has 0 saturated carbocycles. The number of carboxylic acid groups (broad SMARTS) is 12. The largest absolute Gasteiger partial charge is 0.480 e. The number of aliphatic carboxylic acids is 12. The molecule has 56 nitrogen and oxygen atoms in total. The van der Waals surface area contributed by atoms with Crippen molar-refractivity contribution in [2.75, 3.05) is 340 Å². The Morgan fingerprint density at radius 2 is 0.350 bits per heavy atom. The molecule has 0 aromatic carbocycles. The van der Waals surface area contributed by atoms with Gasteiger partial charge in [-0.25, -0.2) is 0 Å². The van der Waals surface area contributed by atoms with Crippen molar-refractivity contribution in [2.24, 2.45) is 5.41 Å². The van der Waals surface area contributed by atoms with Gasteiger partial charge in [0.05, 0.1) is 123 Å². The standard InChI is InChI=1S/C81H142N24O32/c1-57(102-29-21-94(45-69(118)119)13-5-90(41-65(110)111)6-14-95(22-30-102)46-70(120)121)77(134)82-37-61(106)86-53-81(54-87-62(107)38-83-78(135)58(2)103-31-23-96(47-71(122)123)15-7-91(42-66(112)113)8-16-97(24-32-103)48-72(124)125,55-88-63(108)39-84-79(136)59(3)104-33-25-98(49-73(126)127)17-9-92(43-67(114)115)10-18-99(26-34-104)50-74(128)129)56-89-64(109)40-85-80(137)60(4)105-35-27-100(51-75(130)131)19-11-93(44-68(116)117)12-20-101(28-36-105)52-76(132)133/h57-60,77,82,134H,5-56H2,1-4H3,(H,83,135)(H,84,136)(H,85,137)(H,86,106)(H,87,107)(H,88,108)(H,89,109)(H,110,111)(H,112,113)(H,114,115)(H,116,117)(H,118,119)(H,120,121)(H,122,123)(H,124,125)(H,126,127)(H,128,129)(H,130,131)(H,132,133). The van der Waals surface area contributed by atoms with Gasteiger partial charge in [-0.05, 0) is 27.7 Å². The van der Waals surface area contributed by atoms with Crippen LogP contribution in [0.15, 0.2) is 0 Å². The lowest BCUT2D eigenvalue weighted by atomic mass is 9.86. The number of hydrogen-bond acceptors (Lipinski definition) is 37. The fourth-order valence-corrected chi connectivity index (χ4v) is 15.8. The first-order valence-corrected chi connectivity index (χ1v) is 45.2. The molecule has 4 aliphatic rings. The van der Waals surface area contributed by atoms with Gasteiger partial charge in [0.1, 0.15) is 6.23 Å². The maximum Gasteiger partial charge on any atom is 0.317 e. The molecule has 0 aliphatic carbocycles. The highest BCUT2D eigenvalue weighted by atomic mass is 16.4. The van der Waals surface area contributed by atoms with Gasteiger partial charge < -0.3 is 104 Å². The SMILES string of the molecule is CC(C(=O)NCC(=O)NCC(CNC(=O)CNC(=O)C(C)N1CCN(CC(=O)O)CCN(CC(=O)O)CCN(CC(=O)O)CC1)(CNC(=O)CNC(=O)C(C)N1CCN(CC(=O)O)CCN(CC(=O)O)CCN(CC(=O)O)CC1)CNC(=O)CNC(O)C(C)N1CCN(CC(=O)O)CCN(CC(=O)O)CCN(CC(=O)O)CC1)N1CCN(CC(=O)O)CCN(CC(=O)O)CCN(CC(=O)O)CC1. The molecule has 4 fully saturated rings. The van der Waals surface area contributed by atoms with E-state index in [1.165, 1.54) is 64.9 Å². The number of carbonyl (C=O) groups excluding carboxylic acids is 7. The van der Waals surface area contributed by atoms with E-state index in [2.05, 4.69) is 42.5 Å². The molecule has 4 saturated heterocycles. The van der Waals surface area contributed by atoms with Crippen molar-refractivity contribution in [3.8, 4) is 0 Å². The lowest BCUT2D eigenvalue weighted by Crippen LogP contribution is -2.59. The maximum atomic E-state index is 14.5. The summed E-state index contributed by atoms with van der Waals surface area (Å²) in [6.07, 6.45) is -1.60. The first-order valence-electron chi connectivity index (χ1n) is 45.2. The van der Waals surface area contributed by atoms with Gasteiger partial charge in [0.2, 0.25) is 41.4 Å². The van der Waals surface area contributed by atoms with Crippen LogP contribution >= 0.6 is 0 Å². The normalized spacial score (nSPS) is 19.9. The third-order valence-corrected chi connectivity index (χ3v) is 24.0. The first-order chi connectivity index (χ1) is 64.6. The molecule has 5 atom stereocenters. The molecule has 4 rings (SSSR count). The summed E-state index contributed by atoms with van der Waals surface area (Å²) < 4.78 is 0. The quantitative estimate of drug-likeness (QED) is 0.0252. The van der Waals surface area contributed by atoms with Crippen LogP contribution in [0.5, 0.6) is 0 Å². The van der Waals surface area contributed by atoms with Crippen molar-refractivity contribution >= 4 is 113 Å². The molecule has 0 radical (unpaired) electrons. The number of nitrogens with zero attached hydrogens (tertiary/aromatic N) is 16. The van der Waals surface area contributed by atoms with Gasteiger partial charge in [-0.15, -0.1) is 0 Å². The zero-order chi connectivity index (χ0) is 102. The number of aliphatic hydroxyl groups is 1. The average molecular weight is 1960 g/mol. The van der Waals surface area contributed by atoms with Gasteiger partial charge in [-0.2, -0.15) is 0 Å². The summed E-state index contributed by atoms with van der Waals surface area (Å²) in [7, 11) is 0. The summed E-state index contributed by atoms with van der Waals surface area (Å²) in [6.45, 7) is -4.21. The molecular weight excluding hydrogens is 1820 g/mol. The summed E-state index contributed by atoms with van der Waals surface area (Å²) in [6, 6.07) is -4.32. The molecule has 56 heteroatoms. The molecule has 21 N–H and O–H groups in total. The second kappa shape index (κ2) is 62.9. The maximum absolute atomic E-state index is 14.5. The number of nitrogens with one attached hydrogen (secondary N) is 8. The molecular formula is C81H142N24O32. The zero-order valence-electron chi connectivity index (χ0n) is 78.4. The van der Waals surface area contributed by atoms with Crippen molar-refractivity contribution < 1.29 is 157 Å². The molecule has 0 aromatic rings. The third-order valence-electron chi connectivity index (χ3n) is 24.0. The Labute approximate surface area is 792 Å². The Kier molecular flexibility index (Phi) is 54.4. The van der Waals surface area contributed by atoms with Gasteiger partial charge >= 0.3 is 71.6 Å². The summed E-state index contributed by atoms with van der Waals surface area (Å²) in [5.41, 5.74) is -1.86. The van der Waals surface area contributed by atoms with Crippen LogP contribution in [0, 0.1) is 5.41 Å². The number of aliphatic hydroxyl groups excluding tert-OH is 1.